The van der Waals surface area contributed by atoms with Crippen molar-refractivity contribution in [1.29, 1.82) is 0 Å². The monoisotopic (exact) mass is 702 g/mol. The Balaban J connectivity index is 1.18. The molecule has 0 spiro atoms. The lowest BCUT2D eigenvalue weighted by Gasteiger charge is -2.12. The molecule has 5 aromatic rings. The second kappa shape index (κ2) is 15.0. The molecule has 3 N–H and O–H groups in total. The summed E-state index contributed by atoms with van der Waals surface area (Å²) in [6, 6.07) is 30.5. The number of aromatic nitrogens is 1. The summed E-state index contributed by atoms with van der Waals surface area (Å²) in [5, 5.41) is 11.3. The highest BCUT2D eigenvalue weighted by atomic mass is 79.9. The molecule has 0 aliphatic carbocycles. The maximum Gasteiger partial charge on any atom is 0.272 e. The van der Waals surface area contributed by atoms with Crippen LogP contribution in [0.4, 0.5) is 10.8 Å². The van der Waals surface area contributed by atoms with Crippen molar-refractivity contribution in [3.05, 3.63) is 135 Å². The van der Waals surface area contributed by atoms with E-state index in [9.17, 15) is 14.4 Å². The van der Waals surface area contributed by atoms with Crippen LogP contribution in [0.1, 0.15) is 15.9 Å². The van der Waals surface area contributed by atoms with Gasteiger partial charge in [0.15, 0.2) is 5.13 Å². The van der Waals surface area contributed by atoms with E-state index in [0.717, 1.165) is 20.6 Å². The van der Waals surface area contributed by atoms with E-state index in [2.05, 4.69) is 36.9 Å². The van der Waals surface area contributed by atoms with Gasteiger partial charge < -0.3 is 16.0 Å². The first kappa shape index (κ1) is 31.2. The quantitative estimate of drug-likeness (QED) is 0.100. The van der Waals surface area contributed by atoms with Gasteiger partial charge in [0.2, 0.25) is 5.91 Å². The van der Waals surface area contributed by atoms with E-state index in [4.69, 9.17) is 11.6 Å². The molecule has 0 fully saturated rings. The lowest BCUT2D eigenvalue weighted by atomic mass is 10.1. The molecule has 4 aromatic carbocycles. The summed E-state index contributed by atoms with van der Waals surface area (Å²) in [7, 11) is 0. The number of carbonyl (C=O) groups excluding carboxylic acids is 3. The number of amides is 3. The Bertz CT molecular complexity index is 1810. The molecule has 0 radical (unpaired) electrons. The average Bonchev–Trinajstić information content (AvgIpc) is 3.49. The van der Waals surface area contributed by atoms with Gasteiger partial charge in [-0.3, -0.25) is 14.4 Å². The van der Waals surface area contributed by atoms with Gasteiger partial charge in [-0.2, -0.15) is 0 Å². The lowest BCUT2D eigenvalue weighted by molar-refractivity contribution is -0.114. The summed E-state index contributed by atoms with van der Waals surface area (Å²) in [5.74, 6) is -0.896. The molecule has 0 saturated carbocycles. The van der Waals surface area contributed by atoms with E-state index in [0.29, 0.717) is 27.0 Å². The number of nitrogens with one attached hydrogen (secondary N) is 3. The average molecular weight is 704 g/mol. The summed E-state index contributed by atoms with van der Waals surface area (Å²) in [4.78, 5) is 44.0. The number of hydrogen-bond acceptors (Lipinski definition) is 6. The molecule has 7 nitrogen and oxygen atoms in total. The normalized spacial score (nSPS) is 11.1. The summed E-state index contributed by atoms with van der Waals surface area (Å²) in [6.45, 7) is 0. The molecule has 0 aliphatic heterocycles. The topological polar surface area (TPSA) is 100 Å². The lowest BCUT2D eigenvalue weighted by Crippen LogP contribution is -2.30. The number of rotatable bonds is 10. The van der Waals surface area contributed by atoms with E-state index < -0.39 is 11.8 Å². The smallest absolute Gasteiger partial charge is 0.272 e. The van der Waals surface area contributed by atoms with Gasteiger partial charge in [-0.15, -0.1) is 23.1 Å². The molecule has 11 heteroatoms. The largest absolute Gasteiger partial charge is 0.321 e. The van der Waals surface area contributed by atoms with Crippen LogP contribution >= 0.6 is 50.6 Å². The molecule has 0 aliphatic rings. The van der Waals surface area contributed by atoms with Gasteiger partial charge in [0.25, 0.3) is 11.8 Å². The number of thiazole rings is 1. The number of nitrogens with zero attached hydrogens (tertiary/aromatic N) is 1. The Hall–Kier alpha value is -4.22. The van der Waals surface area contributed by atoms with Gasteiger partial charge in [-0.1, -0.05) is 70.0 Å². The minimum absolute atomic E-state index is 0.0571. The Labute approximate surface area is 275 Å². The predicted molar refractivity (Wildman–Crippen MR) is 183 cm³/mol. The summed E-state index contributed by atoms with van der Waals surface area (Å²) < 4.78 is 0.986. The van der Waals surface area contributed by atoms with Crippen molar-refractivity contribution in [3.63, 3.8) is 0 Å². The van der Waals surface area contributed by atoms with Crippen molar-refractivity contribution in [2.45, 2.75) is 4.90 Å². The molecule has 1 heterocycles. The van der Waals surface area contributed by atoms with Crippen molar-refractivity contribution < 1.29 is 14.4 Å². The highest BCUT2D eigenvalue weighted by molar-refractivity contribution is 9.10. The SMILES string of the molecule is O=C(CSc1ccc(NC(=O)/C(=C/c2cccc(Cl)c2)NC(=O)c2ccccc2)cc1)Nc1nc(-c2ccc(Br)cc2)cs1. The van der Waals surface area contributed by atoms with Gasteiger partial charge in [0, 0.05) is 36.6 Å². The Morgan fingerprint density at radius 1 is 0.886 bits per heavy atom. The van der Waals surface area contributed by atoms with Gasteiger partial charge in [-0.05, 0) is 72.3 Å². The first-order valence-corrected chi connectivity index (χ1v) is 16.3. The Morgan fingerprint density at radius 2 is 1.64 bits per heavy atom. The van der Waals surface area contributed by atoms with Crippen molar-refractivity contribution >= 4 is 85.2 Å². The van der Waals surface area contributed by atoms with E-state index in [1.54, 1.807) is 66.7 Å². The van der Waals surface area contributed by atoms with Crippen LogP contribution in [0.3, 0.4) is 0 Å². The molecule has 5 rings (SSSR count). The molecule has 0 bridgehead atoms. The zero-order valence-electron chi connectivity index (χ0n) is 22.9. The first-order valence-electron chi connectivity index (χ1n) is 13.2. The first-order chi connectivity index (χ1) is 21.3. The highest BCUT2D eigenvalue weighted by Gasteiger charge is 2.16. The molecular formula is C33H24BrClN4O3S2. The van der Waals surface area contributed by atoms with E-state index in [1.165, 1.54) is 23.1 Å². The van der Waals surface area contributed by atoms with Crippen LogP contribution in [-0.4, -0.2) is 28.5 Å². The zero-order valence-corrected chi connectivity index (χ0v) is 26.9. The fraction of sp³-hybridized carbons (Fsp3) is 0.0303. The summed E-state index contributed by atoms with van der Waals surface area (Å²) >= 11 is 12.3. The summed E-state index contributed by atoms with van der Waals surface area (Å²) in [6.07, 6.45) is 1.56. The third-order valence-corrected chi connectivity index (χ3v) is 8.59. The number of halogens is 2. The van der Waals surface area contributed by atoms with E-state index in [1.807, 2.05) is 47.8 Å². The minimum Gasteiger partial charge on any atom is -0.321 e. The maximum atomic E-state index is 13.3. The minimum atomic E-state index is -0.500. The standard InChI is InChI=1S/C33H24BrClN4O3S2/c34-24-11-9-22(10-12-24)29-19-44-33(38-29)39-30(40)20-43-27-15-13-26(14-16-27)36-32(42)28(18-21-5-4-8-25(35)17-21)37-31(41)23-6-2-1-3-7-23/h1-19H,20H2,(H,36,42)(H,37,41)(H,38,39,40)/b28-18-. The second-order valence-electron chi connectivity index (χ2n) is 9.29. The predicted octanol–water partition coefficient (Wildman–Crippen LogP) is 8.37. The number of thioether (sulfide) groups is 1. The second-order valence-corrected chi connectivity index (χ2v) is 12.6. The third-order valence-electron chi connectivity index (χ3n) is 6.06. The number of carbonyl (C=O) groups is 3. The highest BCUT2D eigenvalue weighted by Crippen LogP contribution is 2.27. The van der Waals surface area contributed by atoms with Gasteiger partial charge in [-0.25, -0.2) is 4.98 Å². The van der Waals surface area contributed by atoms with Crippen molar-refractivity contribution in [3.8, 4) is 11.3 Å². The van der Waals surface area contributed by atoms with Crippen LogP contribution in [0, 0.1) is 0 Å². The van der Waals surface area contributed by atoms with Crippen LogP contribution in [0.5, 0.6) is 0 Å². The fourth-order valence-electron chi connectivity index (χ4n) is 3.93. The van der Waals surface area contributed by atoms with E-state index in [-0.39, 0.29) is 17.4 Å². The van der Waals surface area contributed by atoms with Gasteiger partial charge in [0.05, 0.1) is 11.4 Å². The molecule has 220 valence electrons. The van der Waals surface area contributed by atoms with Crippen LogP contribution in [0.15, 0.2) is 124 Å². The molecule has 44 heavy (non-hydrogen) atoms. The van der Waals surface area contributed by atoms with Crippen LogP contribution in [-0.2, 0) is 9.59 Å². The van der Waals surface area contributed by atoms with Crippen molar-refractivity contribution in [2.75, 3.05) is 16.4 Å². The molecule has 0 saturated heterocycles. The molecule has 3 amide bonds. The molecular weight excluding hydrogens is 680 g/mol. The summed E-state index contributed by atoms with van der Waals surface area (Å²) in [5.41, 5.74) is 3.43. The van der Waals surface area contributed by atoms with Crippen molar-refractivity contribution in [1.82, 2.24) is 10.3 Å². The number of anilines is 2. The van der Waals surface area contributed by atoms with Gasteiger partial charge in [0.1, 0.15) is 5.70 Å². The van der Waals surface area contributed by atoms with Crippen molar-refractivity contribution in [2.24, 2.45) is 0 Å². The molecule has 1 aromatic heterocycles. The third kappa shape index (κ3) is 8.90. The molecule has 0 atom stereocenters. The van der Waals surface area contributed by atoms with E-state index >= 15 is 0 Å². The molecule has 0 unspecified atom stereocenters. The zero-order chi connectivity index (χ0) is 30.9. The Morgan fingerprint density at radius 3 is 2.36 bits per heavy atom. The Kier molecular flexibility index (Phi) is 10.6. The van der Waals surface area contributed by atoms with Crippen LogP contribution in [0.25, 0.3) is 17.3 Å². The van der Waals surface area contributed by atoms with Crippen LogP contribution in [0.2, 0.25) is 5.02 Å². The number of benzene rings is 4. The van der Waals surface area contributed by atoms with Gasteiger partial charge >= 0.3 is 0 Å². The van der Waals surface area contributed by atoms with Crippen LogP contribution < -0.4 is 16.0 Å². The fourth-order valence-corrected chi connectivity index (χ4v) is 5.82. The maximum absolute atomic E-state index is 13.3. The number of hydrogen-bond donors (Lipinski definition) is 3.